The van der Waals surface area contributed by atoms with Crippen molar-refractivity contribution in [1.82, 2.24) is 0 Å². The first-order chi connectivity index (χ1) is 17.9. The van der Waals surface area contributed by atoms with E-state index in [-0.39, 0.29) is 38.5 Å². The molecule has 4 aromatic rings. The maximum atomic E-state index is 14.1. The Labute approximate surface area is 218 Å². The van der Waals surface area contributed by atoms with Gasteiger partial charge in [-0.25, -0.2) is 13.2 Å². The number of furan rings is 1. The van der Waals surface area contributed by atoms with Crippen molar-refractivity contribution in [2.24, 2.45) is 0 Å². The molecule has 11 heteroatoms. The van der Waals surface area contributed by atoms with E-state index < -0.39 is 26.8 Å². The number of anilines is 1. The van der Waals surface area contributed by atoms with Gasteiger partial charge in [-0.15, -0.1) is 0 Å². The number of nitrogens with zero attached hydrogens (tertiary/aromatic N) is 2. The largest absolute Gasteiger partial charge is 0.465 e. The number of fused-ring (bicyclic) bond motifs is 1. The highest BCUT2D eigenvalue weighted by Gasteiger charge is 2.34. The lowest BCUT2D eigenvalue weighted by Gasteiger charge is -2.24. The number of aryl methyl sites for hydroxylation is 4. The molecule has 10 nitrogen and oxygen atoms in total. The summed E-state index contributed by atoms with van der Waals surface area (Å²) in [5, 5.41) is 11.3. The molecule has 0 N–H and O–H groups in total. The minimum atomic E-state index is -4.50. The quantitative estimate of drug-likeness (QED) is 0.181. The summed E-state index contributed by atoms with van der Waals surface area (Å²) in [6, 6.07) is 12.1. The summed E-state index contributed by atoms with van der Waals surface area (Å²) in [5.74, 6) is -1.35. The molecule has 38 heavy (non-hydrogen) atoms. The number of nitro benzene ring substituents is 1. The minimum absolute atomic E-state index is 0.0515. The van der Waals surface area contributed by atoms with Gasteiger partial charge >= 0.3 is 5.97 Å². The summed E-state index contributed by atoms with van der Waals surface area (Å²) in [6.45, 7) is 6.81. The topological polar surface area (TPSA) is 137 Å². The van der Waals surface area contributed by atoms with Crippen LogP contribution in [0.1, 0.15) is 43.2 Å². The molecule has 3 aromatic carbocycles. The Morgan fingerprint density at radius 2 is 1.55 bits per heavy atom. The van der Waals surface area contributed by atoms with Crippen LogP contribution in [0, 0.1) is 37.8 Å². The Balaban J connectivity index is 1.98. The molecule has 4 rings (SSSR count). The van der Waals surface area contributed by atoms with Crippen LogP contribution in [0.2, 0.25) is 0 Å². The van der Waals surface area contributed by atoms with Gasteiger partial charge in [-0.2, -0.15) is 4.31 Å². The number of non-ortho nitro benzene ring substituents is 1. The predicted octanol–water partition coefficient (Wildman–Crippen LogP) is 5.40. The monoisotopic (exact) mass is 536 g/mol. The molecule has 0 saturated carbocycles. The van der Waals surface area contributed by atoms with E-state index in [1.54, 1.807) is 26.8 Å². The molecule has 0 aliphatic carbocycles. The van der Waals surface area contributed by atoms with Gasteiger partial charge in [0, 0.05) is 23.1 Å². The Morgan fingerprint density at radius 1 is 0.921 bits per heavy atom. The van der Waals surface area contributed by atoms with Gasteiger partial charge in [0.15, 0.2) is 0 Å². The lowest BCUT2D eigenvalue weighted by Crippen LogP contribution is -2.37. The standard InChI is InChI=1S/C27H24N2O8S/c1-15-12-17(3)24(13-16(15)2)38(34,35)28(26(30)19-6-8-20(9-7-19)29(32)33)21-10-11-23-22(14-21)25(18(4)37-23)27(31)36-5/h6-14H,1-5H3. The van der Waals surface area contributed by atoms with Crippen LogP contribution in [0.15, 0.2) is 63.9 Å². The van der Waals surface area contributed by atoms with Crippen molar-refractivity contribution in [2.45, 2.75) is 32.6 Å². The Hall–Kier alpha value is -4.51. The second-order valence-corrected chi connectivity index (χ2v) is 10.5. The number of hydrogen-bond donors (Lipinski definition) is 0. The van der Waals surface area contributed by atoms with Gasteiger partial charge in [-0.3, -0.25) is 14.9 Å². The number of methoxy groups -OCH3 is 1. The fraction of sp³-hybridized carbons (Fsp3) is 0.185. The second kappa shape index (κ2) is 9.75. The third-order valence-corrected chi connectivity index (χ3v) is 8.14. The number of carbonyl (C=O) groups is 2. The number of nitro groups is 1. The smallest absolute Gasteiger partial charge is 0.342 e. The van der Waals surface area contributed by atoms with Gasteiger partial charge in [0.2, 0.25) is 0 Å². The van der Waals surface area contributed by atoms with Gasteiger partial charge in [0.25, 0.3) is 21.6 Å². The lowest BCUT2D eigenvalue weighted by molar-refractivity contribution is -0.384. The van der Waals surface area contributed by atoms with E-state index >= 15 is 0 Å². The molecule has 0 saturated heterocycles. The first-order valence-electron chi connectivity index (χ1n) is 11.4. The van der Waals surface area contributed by atoms with Crippen LogP contribution in [0.4, 0.5) is 11.4 Å². The summed E-state index contributed by atoms with van der Waals surface area (Å²) in [6.07, 6.45) is 0. The minimum Gasteiger partial charge on any atom is -0.465 e. The second-order valence-electron chi connectivity index (χ2n) is 8.79. The number of amides is 1. The van der Waals surface area contributed by atoms with E-state index in [9.17, 15) is 28.1 Å². The highest BCUT2D eigenvalue weighted by atomic mass is 32.2. The summed E-state index contributed by atoms with van der Waals surface area (Å²) >= 11 is 0. The van der Waals surface area contributed by atoms with Gasteiger partial charge in [-0.1, -0.05) is 6.07 Å². The van der Waals surface area contributed by atoms with Gasteiger partial charge in [0.1, 0.15) is 16.9 Å². The number of carbonyl (C=O) groups excluding carboxylic acids is 2. The molecule has 0 fully saturated rings. The maximum Gasteiger partial charge on any atom is 0.342 e. The molecule has 0 aliphatic heterocycles. The van der Waals surface area contributed by atoms with E-state index in [1.165, 1.54) is 43.5 Å². The van der Waals surface area contributed by atoms with Gasteiger partial charge in [-0.05, 0) is 80.8 Å². The number of rotatable bonds is 6. The fourth-order valence-corrected chi connectivity index (χ4v) is 5.91. The average Bonchev–Trinajstić information content (AvgIpc) is 3.20. The van der Waals surface area contributed by atoms with Crippen molar-refractivity contribution in [3.05, 3.63) is 98.3 Å². The highest BCUT2D eigenvalue weighted by molar-refractivity contribution is 7.93. The van der Waals surface area contributed by atoms with E-state index in [0.29, 0.717) is 21.0 Å². The maximum absolute atomic E-state index is 14.1. The molecular weight excluding hydrogens is 512 g/mol. The molecule has 1 aromatic heterocycles. The summed E-state index contributed by atoms with van der Waals surface area (Å²) in [7, 11) is -3.29. The molecule has 196 valence electrons. The van der Waals surface area contributed by atoms with E-state index in [2.05, 4.69) is 0 Å². The van der Waals surface area contributed by atoms with Crippen LogP contribution >= 0.6 is 0 Å². The van der Waals surface area contributed by atoms with Crippen LogP contribution in [-0.4, -0.2) is 32.3 Å². The number of sulfonamides is 1. The molecule has 0 atom stereocenters. The summed E-state index contributed by atoms with van der Waals surface area (Å²) in [5.41, 5.74) is 2.05. The first kappa shape index (κ1) is 26.6. The molecular formula is C27H24N2O8S. The summed E-state index contributed by atoms with van der Waals surface area (Å²) < 4.78 is 39.3. The SMILES string of the molecule is COC(=O)c1c(C)oc2ccc(N(C(=O)c3ccc([N+](=O)[O-])cc3)S(=O)(=O)c3cc(C)c(C)cc3C)cc12. The van der Waals surface area contributed by atoms with Crippen LogP contribution in [0.25, 0.3) is 11.0 Å². The van der Waals surface area contributed by atoms with Crippen molar-refractivity contribution < 1.29 is 32.1 Å². The van der Waals surface area contributed by atoms with Crippen LogP contribution in [0.5, 0.6) is 0 Å². The average molecular weight is 537 g/mol. The number of esters is 1. The third kappa shape index (κ3) is 4.52. The lowest BCUT2D eigenvalue weighted by atomic mass is 10.1. The molecule has 0 bridgehead atoms. The molecule has 1 amide bonds. The Bertz CT molecular complexity index is 1720. The van der Waals surface area contributed by atoms with Crippen LogP contribution < -0.4 is 4.31 Å². The van der Waals surface area contributed by atoms with Crippen molar-refractivity contribution in [3.63, 3.8) is 0 Å². The fourth-order valence-electron chi connectivity index (χ4n) is 4.21. The predicted molar refractivity (Wildman–Crippen MR) is 140 cm³/mol. The zero-order valence-corrected chi connectivity index (χ0v) is 22.1. The molecule has 0 spiro atoms. The third-order valence-electron chi connectivity index (χ3n) is 6.29. The van der Waals surface area contributed by atoms with Crippen LogP contribution in [-0.2, 0) is 14.8 Å². The van der Waals surface area contributed by atoms with Crippen molar-refractivity contribution >= 4 is 44.2 Å². The number of ether oxygens (including phenoxy) is 1. The molecule has 0 unspecified atom stereocenters. The molecule has 1 heterocycles. The van der Waals surface area contributed by atoms with Crippen molar-refractivity contribution in [1.29, 1.82) is 0 Å². The molecule has 0 aliphatic rings. The van der Waals surface area contributed by atoms with E-state index in [1.807, 2.05) is 6.92 Å². The van der Waals surface area contributed by atoms with Crippen LogP contribution in [0.3, 0.4) is 0 Å². The van der Waals surface area contributed by atoms with Gasteiger partial charge in [0.05, 0.1) is 22.6 Å². The zero-order valence-electron chi connectivity index (χ0n) is 21.3. The Kier molecular flexibility index (Phi) is 6.81. The highest BCUT2D eigenvalue weighted by Crippen LogP contribution is 2.34. The first-order valence-corrected chi connectivity index (χ1v) is 12.8. The van der Waals surface area contributed by atoms with E-state index in [0.717, 1.165) is 17.7 Å². The zero-order chi connectivity index (χ0) is 27.9. The van der Waals surface area contributed by atoms with E-state index in [4.69, 9.17) is 9.15 Å². The van der Waals surface area contributed by atoms with Gasteiger partial charge < -0.3 is 9.15 Å². The van der Waals surface area contributed by atoms with Crippen molar-refractivity contribution in [2.75, 3.05) is 11.4 Å². The normalized spacial score (nSPS) is 11.4. The number of hydrogen-bond acceptors (Lipinski definition) is 8. The molecule has 0 radical (unpaired) electrons. The number of benzene rings is 3. The van der Waals surface area contributed by atoms with Crippen molar-refractivity contribution in [3.8, 4) is 0 Å². The summed E-state index contributed by atoms with van der Waals surface area (Å²) in [4.78, 5) is 36.6. The Morgan fingerprint density at radius 3 is 2.16 bits per heavy atom.